The normalized spacial score (nSPS) is 15.7. The maximum Gasteiger partial charge on any atom is 0.129 e. The molecule has 1 aromatic heterocycles. The fourth-order valence-corrected chi connectivity index (χ4v) is 3.54. The summed E-state index contributed by atoms with van der Waals surface area (Å²) < 4.78 is 0. The molecule has 3 heteroatoms. The molecule has 0 aliphatic heterocycles. The maximum atomic E-state index is 4.93. The van der Waals surface area contributed by atoms with Gasteiger partial charge in [-0.15, -0.1) is 0 Å². The van der Waals surface area contributed by atoms with E-state index in [1.165, 1.54) is 36.6 Å². The average Bonchev–Trinajstić information content (AvgIpc) is 3.02. The molecule has 112 valence electrons. The quantitative estimate of drug-likeness (QED) is 0.906. The minimum atomic E-state index is 0.672. The summed E-state index contributed by atoms with van der Waals surface area (Å²) in [5, 5.41) is 4.55. The molecule has 1 aliphatic rings. The number of nitrogens with zero attached hydrogens (tertiary/aromatic N) is 2. The Hall–Kier alpha value is -1.61. The van der Waals surface area contributed by atoms with Crippen LogP contribution < -0.4 is 10.2 Å². The van der Waals surface area contributed by atoms with Gasteiger partial charge in [0, 0.05) is 24.5 Å². The van der Waals surface area contributed by atoms with Crippen LogP contribution in [0.5, 0.6) is 0 Å². The molecule has 0 bridgehead atoms. The van der Waals surface area contributed by atoms with Gasteiger partial charge in [0.05, 0.1) is 5.52 Å². The smallest absolute Gasteiger partial charge is 0.129 e. The predicted octanol–water partition coefficient (Wildman–Crippen LogP) is 3.72. The Morgan fingerprint density at radius 3 is 2.71 bits per heavy atom. The summed E-state index contributed by atoms with van der Waals surface area (Å²) >= 11 is 0. The van der Waals surface area contributed by atoms with E-state index in [1.54, 1.807) is 0 Å². The fraction of sp³-hybridized carbons (Fsp3) is 0.500. The molecule has 0 spiro atoms. The van der Waals surface area contributed by atoms with Gasteiger partial charge in [-0.2, -0.15) is 0 Å². The van der Waals surface area contributed by atoms with Gasteiger partial charge >= 0.3 is 0 Å². The maximum absolute atomic E-state index is 4.93. The molecule has 1 saturated carbocycles. The van der Waals surface area contributed by atoms with Gasteiger partial charge < -0.3 is 10.2 Å². The molecule has 2 aromatic rings. The van der Waals surface area contributed by atoms with Crippen LogP contribution in [0, 0.1) is 0 Å². The van der Waals surface area contributed by atoms with Gasteiger partial charge in [-0.1, -0.05) is 31.0 Å². The fourth-order valence-electron chi connectivity index (χ4n) is 3.54. The van der Waals surface area contributed by atoms with Gasteiger partial charge in [0.25, 0.3) is 0 Å². The van der Waals surface area contributed by atoms with Gasteiger partial charge in [-0.25, -0.2) is 4.98 Å². The number of pyridine rings is 1. The van der Waals surface area contributed by atoms with Crippen LogP contribution in [-0.4, -0.2) is 24.6 Å². The molecular formula is C18H25N3. The summed E-state index contributed by atoms with van der Waals surface area (Å²) in [6.07, 6.45) is 5.34. The van der Waals surface area contributed by atoms with Crippen molar-refractivity contribution in [3.8, 4) is 0 Å². The molecule has 0 amide bonds. The SMILES string of the molecule is CCN(c1cc(CNC)c2ccccc2n1)C1CCCC1. The summed E-state index contributed by atoms with van der Waals surface area (Å²) in [5.74, 6) is 1.15. The van der Waals surface area contributed by atoms with Crippen LogP contribution in [0.25, 0.3) is 10.9 Å². The average molecular weight is 283 g/mol. The first-order valence-electron chi connectivity index (χ1n) is 8.13. The summed E-state index contributed by atoms with van der Waals surface area (Å²) in [7, 11) is 2.00. The van der Waals surface area contributed by atoms with Crippen LogP contribution in [0.15, 0.2) is 30.3 Å². The van der Waals surface area contributed by atoms with Crippen molar-refractivity contribution in [3.63, 3.8) is 0 Å². The lowest BCUT2D eigenvalue weighted by molar-refractivity contribution is 0.613. The Bertz CT molecular complexity index is 602. The highest BCUT2D eigenvalue weighted by atomic mass is 15.2. The van der Waals surface area contributed by atoms with Gasteiger partial charge in [0.1, 0.15) is 5.82 Å². The minimum Gasteiger partial charge on any atom is -0.354 e. The van der Waals surface area contributed by atoms with Crippen molar-refractivity contribution in [1.82, 2.24) is 10.3 Å². The van der Waals surface area contributed by atoms with E-state index in [0.717, 1.165) is 24.4 Å². The highest BCUT2D eigenvalue weighted by molar-refractivity contribution is 5.84. The zero-order chi connectivity index (χ0) is 14.7. The van der Waals surface area contributed by atoms with E-state index in [4.69, 9.17) is 4.98 Å². The Morgan fingerprint density at radius 2 is 2.00 bits per heavy atom. The van der Waals surface area contributed by atoms with Crippen molar-refractivity contribution in [1.29, 1.82) is 0 Å². The number of benzene rings is 1. The van der Waals surface area contributed by atoms with Crippen molar-refractivity contribution in [2.24, 2.45) is 0 Å². The van der Waals surface area contributed by atoms with Crippen LogP contribution in [0.4, 0.5) is 5.82 Å². The standard InChI is InChI=1S/C18H25N3/c1-3-21(15-8-4-5-9-15)18-12-14(13-19-2)16-10-6-7-11-17(16)20-18/h6-7,10-12,15,19H,3-5,8-9,13H2,1-2H3. The zero-order valence-corrected chi connectivity index (χ0v) is 13.1. The molecular weight excluding hydrogens is 258 g/mol. The largest absolute Gasteiger partial charge is 0.354 e. The lowest BCUT2D eigenvalue weighted by atomic mass is 10.1. The Kier molecular flexibility index (Phi) is 4.39. The van der Waals surface area contributed by atoms with E-state index in [1.807, 2.05) is 7.05 Å². The molecule has 0 radical (unpaired) electrons. The lowest BCUT2D eigenvalue weighted by Crippen LogP contribution is -2.33. The molecule has 1 heterocycles. The highest BCUT2D eigenvalue weighted by Crippen LogP contribution is 2.29. The Balaban J connectivity index is 2.04. The lowest BCUT2D eigenvalue weighted by Gasteiger charge is -2.29. The first kappa shape index (κ1) is 14.3. The van der Waals surface area contributed by atoms with Gasteiger partial charge in [0.2, 0.25) is 0 Å². The Labute approximate surface area is 127 Å². The molecule has 3 nitrogen and oxygen atoms in total. The molecule has 3 rings (SSSR count). The van der Waals surface area contributed by atoms with Crippen LogP contribution in [0.3, 0.4) is 0 Å². The molecule has 0 unspecified atom stereocenters. The second kappa shape index (κ2) is 6.44. The summed E-state index contributed by atoms with van der Waals surface area (Å²) in [6, 6.07) is 11.4. The first-order chi connectivity index (χ1) is 10.3. The van der Waals surface area contributed by atoms with Crippen molar-refractivity contribution in [2.45, 2.75) is 45.2 Å². The van der Waals surface area contributed by atoms with Gasteiger partial charge in [-0.05, 0) is 44.5 Å². The number of hydrogen-bond acceptors (Lipinski definition) is 3. The van der Waals surface area contributed by atoms with E-state index in [9.17, 15) is 0 Å². The zero-order valence-electron chi connectivity index (χ0n) is 13.1. The molecule has 1 N–H and O–H groups in total. The summed E-state index contributed by atoms with van der Waals surface area (Å²) in [5.41, 5.74) is 2.45. The van der Waals surface area contributed by atoms with Crippen LogP contribution in [-0.2, 0) is 6.54 Å². The van der Waals surface area contributed by atoms with Crippen molar-refractivity contribution >= 4 is 16.7 Å². The third-order valence-corrected chi connectivity index (χ3v) is 4.56. The van der Waals surface area contributed by atoms with Crippen LogP contribution >= 0.6 is 0 Å². The third kappa shape index (κ3) is 2.88. The molecule has 21 heavy (non-hydrogen) atoms. The number of rotatable bonds is 5. The van der Waals surface area contributed by atoms with Crippen LogP contribution in [0.1, 0.15) is 38.2 Å². The molecule has 1 aliphatic carbocycles. The van der Waals surface area contributed by atoms with E-state index in [2.05, 4.69) is 47.5 Å². The topological polar surface area (TPSA) is 28.2 Å². The van der Waals surface area contributed by atoms with E-state index < -0.39 is 0 Å². The van der Waals surface area contributed by atoms with Crippen molar-refractivity contribution in [3.05, 3.63) is 35.9 Å². The van der Waals surface area contributed by atoms with E-state index in [0.29, 0.717) is 6.04 Å². The number of para-hydroxylation sites is 1. The second-order valence-electron chi connectivity index (χ2n) is 5.91. The number of nitrogens with one attached hydrogen (secondary N) is 1. The Morgan fingerprint density at radius 1 is 1.24 bits per heavy atom. The second-order valence-corrected chi connectivity index (χ2v) is 5.91. The first-order valence-corrected chi connectivity index (χ1v) is 8.13. The molecule has 1 aromatic carbocycles. The molecule has 0 saturated heterocycles. The van der Waals surface area contributed by atoms with Gasteiger partial charge in [0.15, 0.2) is 0 Å². The third-order valence-electron chi connectivity index (χ3n) is 4.56. The predicted molar refractivity (Wildman–Crippen MR) is 89.8 cm³/mol. The van der Waals surface area contributed by atoms with Crippen molar-refractivity contribution in [2.75, 3.05) is 18.5 Å². The number of aromatic nitrogens is 1. The number of anilines is 1. The minimum absolute atomic E-state index is 0.672. The van der Waals surface area contributed by atoms with Crippen molar-refractivity contribution < 1.29 is 0 Å². The molecule has 0 atom stereocenters. The van der Waals surface area contributed by atoms with E-state index >= 15 is 0 Å². The van der Waals surface area contributed by atoms with Gasteiger partial charge in [-0.3, -0.25) is 0 Å². The summed E-state index contributed by atoms with van der Waals surface area (Å²) in [4.78, 5) is 7.43. The highest BCUT2D eigenvalue weighted by Gasteiger charge is 2.23. The van der Waals surface area contributed by atoms with E-state index in [-0.39, 0.29) is 0 Å². The summed E-state index contributed by atoms with van der Waals surface area (Å²) in [6.45, 7) is 4.17. The monoisotopic (exact) mass is 283 g/mol. The van der Waals surface area contributed by atoms with Crippen LogP contribution in [0.2, 0.25) is 0 Å². The molecule has 1 fully saturated rings. The number of fused-ring (bicyclic) bond motifs is 1. The number of hydrogen-bond donors (Lipinski definition) is 1.